The number of nitrogens with zero attached hydrogens (tertiary/aromatic N) is 5. The number of anilines is 1. The second kappa shape index (κ2) is 5.79. The van der Waals surface area contributed by atoms with Gasteiger partial charge in [-0.2, -0.15) is 0 Å². The first-order valence-electron chi connectivity index (χ1n) is 8.44. The number of fused-ring (bicyclic) bond motifs is 1. The number of aromatic nitrogens is 4. The average molecular weight is 314 g/mol. The van der Waals surface area contributed by atoms with Gasteiger partial charge in [0, 0.05) is 26.7 Å². The Morgan fingerprint density at radius 2 is 2.04 bits per heavy atom. The van der Waals surface area contributed by atoms with E-state index in [0.29, 0.717) is 11.7 Å². The lowest BCUT2D eigenvalue weighted by Crippen LogP contribution is -2.30. The van der Waals surface area contributed by atoms with E-state index in [-0.39, 0.29) is 5.91 Å². The highest BCUT2D eigenvalue weighted by atomic mass is 16.2. The van der Waals surface area contributed by atoms with Crippen LogP contribution in [0.1, 0.15) is 42.7 Å². The quantitative estimate of drug-likeness (QED) is 0.925. The number of carbonyl (C=O) groups excluding carboxylic acids is 1. The number of amides is 1. The standard InChI is InChI=1S/C16H22N6O/c1-21-13-12(20-15(21)16(23)17-9-11-5-6-11)14(19-10-18-13)22-7-3-2-4-8-22/h10-11H,2-9H2,1H3,(H,17,23). The zero-order chi connectivity index (χ0) is 15.8. The van der Waals surface area contributed by atoms with Crippen molar-refractivity contribution >= 4 is 22.9 Å². The molecule has 122 valence electrons. The Kier molecular flexibility index (Phi) is 3.63. The minimum absolute atomic E-state index is 0.123. The Labute approximate surface area is 135 Å². The molecule has 0 bridgehead atoms. The maximum atomic E-state index is 12.4. The average Bonchev–Trinajstić information content (AvgIpc) is 3.36. The van der Waals surface area contributed by atoms with Gasteiger partial charge in [-0.25, -0.2) is 15.0 Å². The van der Waals surface area contributed by atoms with Crippen LogP contribution in [-0.2, 0) is 7.05 Å². The van der Waals surface area contributed by atoms with Crippen molar-refractivity contribution in [1.82, 2.24) is 24.8 Å². The molecule has 0 spiro atoms. The second-order valence-electron chi connectivity index (χ2n) is 6.57. The summed E-state index contributed by atoms with van der Waals surface area (Å²) >= 11 is 0. The molecule has 1 amide bonds. The van der Waals surface area contributed by atoms with Gasteiger partial charge in [0.25, 0.3) is 5.91 Å². The van der Waals surface area contributed by atoms with Crippen molar-refractivity contribution in [2.75, 3.05) is 24.5 Å². The number of hydrogen-bond acceptors (Lipinski definition) is 5. The van der Waals surface area contributed by atoms with Crippen molar-refractivity contribution in [2.24, 2.45) is 13.0 Å². The summed E-state index contributed by atoms with van der Waals surface area (Å²) in [5.74, 6) is 1.80. The van der Waals surface area contributed by atoms with Gasteiger partial charge in [-0.3, -0.25) is 4.79 Å². The van der Waals surface area contributed by atoms with E-state index in [1.165, 1.54) is 32.1 Å². The number of piperidine rings is 1. The van der Waals surface area contributed by atoms with E-state index in [4.69, 9.17) is 0 Å². The molecule has 7 nitrogen and oxygen atoms in total. The van der Waals surface area contributed by atoms with Crippen molar-refractivity contribution in [1.29, 1.82) is 0 Å². The minimum atomic E-state index is -0.123. The van der Waals surface area contributed by atoms with Crippen LogP contribution in [0.3, 0.4) is 0 Å². The predicted octanol–water partition coefficient (Wildman–Crippen LogP) is 1.49. The summed E-state index contributed by atoms with van der Waals surface area (Å²) in [6.45, 7) is 2.73. The van der Waals surface area contributed by atoms with Crippen molar-refractivity contribution in [3.05, 3.63) is 12.2 Å². The SMILES string of the molecule is Cn1c(C(=O)NCC2CC2)nc2c(N3CCCCC3)ncnc21. The lowest BCUT2D eigenvalue weighted by molar-refractivity contribution is 0.0939. The van der Waals surface area contributed by atoms with Gasteiger partial charge in [-0.05, 0) is 38.0 Å². The fraction of sp³-hybridized carbons (Fsp3) is 0.625. The molecule has 7 heteroatoms. The molecule has 23 heavy (non-hydrogen) atoms. The third-order valence-electron chi connectivity index (χ3n) is 4.74. The molecule has 1 saturated heterocycles. The molecule has 0 atom stereocenters. The van der Waals surface area contributed by atoms with Crippen LogP contribution in [-0.4, -0.2) is 45.1 Å². The summed E-state index contributed by atoms with van der Waals surface area (Å²) in [6, 6.07) is 0. The highest BCUT2D eigenvalue weighted by molar-refractivity contribution is 5.96. The number of aryl methyl sites for hydroxylation is 1. The van der Waals surface area contributed by atoms with Crippen molar-refractivity contribution in [3.63, 3.8) is 0 Å². The Balaban J connectivity index is 1.66. The summed E-state index contributed by atoms with van der Waals surface area (Å²) in [7, 11) is 1.84. The van der Waals surface area contributed by atoms with E-state index in [1.807, 2.05) is 7.05 Å². The van der Waals surface area contributed by atoms with Gasteiger partial charge >= 0.3 is 0 Å². The highest BCUT2D eigenvalue weighted by Gasteiger charge is 2.25. The van der Waals surface area contributed by atoms with E-state index in [0.717, 1.165) is 36.6 Å². The lowest BCUT2D eigenvalue weighted by atomic mass is 10.1. The van der Waals surface area contributed by atoms with Crippen LogP contribution in [0.25, 0.3) is 11.2 Å². The Hall–Kier alpha value is -2.18. The molecule has 1 N–H and O–H groups in total. The molecule has 2 aromatic heterocycles. The smallest absolute Gasteiger partial charge is 0.287 e. The van der Waals surface area contributed by atoms with Crippen molar-refractivity contribution in [2.45, 2.75) is 32.1 Å². The van der Waals surface area contributed by atoms with E-state index in [1.54, 1.807) is 10.9 Å². The number of carbonyl (C=O) groups is 1. The van der Waals surface area contributed by atoms with Crippen LogP contribution in [0.15, 0.2) is 6.33 Å². The molecular formula is C16H22N6O. The molecule has 1 saturated carbocycles. The van der Waals surface area contributed by atoms with Crippen molar-refractivity contribution in [3.8, 4) is 0 Å². The molecule has 3 heterocycles. The first-order chi connectivity index (χ1) is 11.2. The summed E-state index contributed by atoms with van der Waals surface area (Å²) in [5, 5.41) is 2.98. The summed E-state index contributed by atoms with van der Waals surface area (Å²) in [4.78, 5) is 28.0. The van der Waals surface area contributed by atoms with Crippen LogP contribution in [0.2, 0.25) is 0 Å². The van der Waals surface area contributed by atoms with Crippen LogP contribution in [0.4, 0.5) is 5.82 Å². The summed E-state index contributed by atoms with van der Waals surface area (Å²) in [6.07, 6.45) is 7.61. The van der Waals surface area contributed by atoms with Crippen LogP contribution >= 0.6 is 0 Å². The van der Waals surface area contributed by atoms with E-state index in [2.05, 4.69) is 25.2 Å². The van der Waals surface area contributed by atoms with Gasteiger partial charge in [0.2, 0.25) is 5.82 Å². The maximum absolute atomic E-state index is 12.4. The molecule has 2 aromatic rings. The Morgan fingerprint density at radius 3 is 2.78 bits per heavy atom. The van der Waals surface area contributed by atoms with Crippen molar-refractivity contribution < 1.29 is 4.79 Å². The Morgan fingerprint density at radius 1 is 1.26 bits per heavy atom. The van der Waals surface area contributed by atoms with Crippen LogP contribution in [0, 0.1) is 5.92 Å². The number of imidazole rings is 1. The third-order valence-corrected chi connectivity index (χ3v) is 4.74. The highest BCUT2D eigenvalue weighted by Crippen LogP contribution is 2.28. The van der Waals surface area contributed by atoms with E-state index >= 15 is 0 Å². The molecule has 0 aromatic carbocycles. The van der Waals surface area contributed by atoms with Gasteiger partial charge in [-0.15, -0.1) is 0 Å². The fourth-order valence-corrected chi connectivity index (χ4v) is 3.17. The largest absolute Gasteiger partial charge is 0.355 e. The number of rotatable bonds is 4. The monoisotopic (exact) mass is 314 g/mol. The zero-order valence-electron chi connectivity index (χ0n) is 13.5. The molecule has 1 aliphatic heterocycles. The second-order valence-corrected chi connectivity index (χ2v) is 6.57. The van der Waals surface area contributed by atoms with Crippen LogP contribution in [0.5, 0.6) is 0 Å². The molecule has 2 aliphatic rings. The molecule has 1 aliphatic carbocycles. The number of nitrogens with one attached hydrogen (secondary N) is 1. The minimum Gasteiger partial charge on any atom is -0.355 e. The summed E-state index contributed by atoms with van der Waals surface area (Å²) in [5.41, 5.74) is 1.45. The van der Waals surface area contributed by atoms with Gasteiger partial charge in [0.15, 0.2) is 17.0 Å². The van der Waals surface area contributed by atoms with Gasteiger partial charge in [0.1, 0.15) is 6.33 Å². The molecule has 2 fully saturated rings. The predicted molar refractivity (Wildman–Crippen MR) is 87.4 cm³/mol. The normalized spacial score (nSPS) is 18.4. The van der Waals surface area contributed by atoms with E-state index < -0.39 is 0 Å². The summed E-state index contributed by atoms with van der Waals surface area (Å²) < 4.78 is 1.77. The van der Waals surface area contributed by atoms with Gasteiger partial charge < -0.3 is 14.8 Å². The first kappa shape index (κ1) is 14.4. The van der Waals surface area contributed by atoms with E-state index in [9.17, 15) is 4.79 Å². The molecule has 0 unspecified atom stereocenters. The fourth-order valence-electron chi connectivity index (χ4n) is 3.17. The Bertz CT molecular complexity index is 729. The first-order valence-corrected chi connectivity index (χ1v) is 8.44. The molecule has 0 radical (unpaired) electrons. The van der Waals surface area contributed by atoms with Gasteiger partial charge in [0.05, 0.1) is 0 Å². The zero-order valence-corrected chi connectivity index (χ0v) is 13.5. The topological polar surface area (TPSA) is 75.9 Å². The van der Waals surface area contributed by atoms with Gasteiger partial charge in [-0.1, -0.05) is 0 Å². The third kappa shape index (κ3) is 2.75. The maximum Gasteiger partial charge on any atom is 0.287 e. The molecule has 4 rings (SSSR count). The van der Waals surface area contributed by atoms with Crippen LogP contribution < -0.4 is 10.2 Å². The molecular weight excluding hydrogens is 292 g/mol. The number of hydrogen-bond donors (Lipinski definition) is 1. The lowest BCUT2D eigenvalue weighted by Gasteiger charge is -2.27.